The first kappa shape index (κ1) is 19.6. The van der Waals surface area contributed by atoms with Gasteiger partial charge >= 0.3 is 0 Å². The summed E-state index contributed by atoms with van der Waals surface area (Å²) in [6, 6.07) is 6.44. The maximum Gasteiger partial charge on any atom is 0.261 e. The van der Waals surface area contributed by atoms with E-state index in [-0.39, 0.29) is 42.6 Å². The van der Waals surface area contributed by atoms with E-state index in [4.69, 9.17) is 0 Å². The van der Waals surface area contributed by atoms with Crippen molar-refractivity contribution in [2.75, 3.05) is 26.2 Å². The minimum Gasteiger partial charge on any atom is -0.341 e. The Hall–Kier alpha value is -2.70. The highest BCUT2D eigenvalue weighted by Crippen LogP contribution is 2.24. The number of hydrogen-bond acceptors (Lipinski definition) is 4. The van der Waals surface area contributed by atoms with Crippen LogP contribution in [0, 0.1) is 0 Å². The number of amides is 4. The first-order chi connectivity index (χ1) is 14.1. The van der Waals surface area contributed by atoms with Crippen molar-refractivity contribution in [1.29, 1.82) is 0 Å². The quantitative estimate of drug-likeness (QED) is 0.713. The highest BCUT2D eigenvalue weighted by atomic mass is 16.2. The summed E-state index contributed by atoms with van der Waals surface area (Å²) in [5, 5.41) is 0. The molecule has 0 aliphatic carbocycles. The Bertz CT molecular complexity index is 796. The number of fused-ring (bicyclic) bond motifs is 1. The van der Waals surface area contributed by atoms with Gasteiger partial charge in [-0.1, -0.05) is 12.1 Å². The third-order valence-corrected chi connectivity index (χ3v) is 6.18. The number of nitrogens with zero attached hydrogens (tertiary/aromatic N) is 3. The fraction of sp³-hybridized carbons (Fsp3) is 0.545. The number of hydrogen-bond donors (Lipinski definition) is 0. The van der Waals surface area contributed by atoms with Crippen LogP contribution >= 0.6 is 0 Å². The lowest BCUT2D eigenvalue weighted by Crippen LogP contribution is -2.49. The predicted octanol–water partition coefficient (Wildman–Crippen LogP) is 2.07. The number of rotatable bonds is 5. The number of likely N-dealkylation sites (tertiary alicyclic amines) is 2. The second-order valence-corrected chi connectivity index (χ2v) is 8.04. The van der Waals surface area contributed by atoms with Gasteiger partial charge in [0.25, 0.3) is 11.8 Å². The van der Waals surface area contributed by atoms with E-state index in [0.717, 1.165) is 45.2 Å². The Morgan fingerprint density at radius 3 is 2.21 bits per heavy atom. The van der Waals surface area contributed by atoms with Gasteiger partial charge in [-0.2, -0.15) is 0 Å². The van der Waals surface area contributed by atoms with E-state index in [1.165, 1.54) is 4.90 Å². The zero-order valence-corrected chi connectivity index (χ0v) is 16.6. The first-order valence-corrected chi connectivity index (χ1v) is 10.6. The first-order valence-electron chi connectivity index (χ1n) is 10.6. The summed E-state index contributed by atoms with van der Waals surface area (Å²) in [5.41, 5.74) is 0.853. The van der Waals surface area contributed by atoms with E-state index < -0.39 is 0 Å². The molecule has 7 nitrogen and oxygen atoms in total. The normalized spacial score (nSPS) is 21.7. The van der Waals surface area contributed by atoms with Gasteiger partial charge in [-0.15, -0.1) is 0 Å². The maximum absolute atomic E-state index is 12.8. The molecule has 0 saturated carbocycles. The van der Waals surface area contributed by atoms with Gasteiger partial charge in [-0.3, -0.25) is 24.1 Å². The van der Waals surface area contributed by atoms with E-state index in [1.54, 1.807) is 29.2 Å². The summed E-state index contributed by atoms with van der Waals surface area (Å²) in [6.07, 6.45) is 5.44. The number of piperidine rings is 1. The summed E-state index contributed by atoms with van der Waals surface area (Å²) in [5.74, 6) is -0.569. The van der Waals surface area contributed by atoms with Crippen LogP contribution in [0.4, 0.5) is 0 Å². The molecule has 29 heavy (non-hydrogen) atoms. The van der Waals surface area contributed by atoms with Gasteiger partial charge in [0.2, 0.25) is 11.8 Å². The molecule has 0 radical (unpaired) electrons. The molecule has 3 aliphatic rings. The summed E-state index contributed by atoms with van der Waals surface area (Å²) in [6.45, 7) is 2.40. The molecule has 0 unspecified atom stereocenters. The molecule has 4 amide bonds. The van der Waals surface area contributed by atoms with Crippen LogP contribution in [0.5, 0.6) is 0 Å². The van der Waals surface area contributed by atoms with Crippen LogP contribution in [0.3, 0.4) is 0 Å². The van der Waals surface area contributed by atoms with Gasteiger partial charge in [0.15, 0.2) is 0 Å². The summed E-state index contributed by atoms with van der Waals surface area (Å²) in [4.78, 5) is 55.3. The highest BCUT2D eigenvalue weighted by Gasteiger charge is 2.37. The van der Waals surface area contributed by atoms with Crippen LogP contribution in [-0.2, 0) is 9.59 Å². The minimum absolute atomic E-state index is 0.0607. The molecule has 1 atom stereocenters. The largest absolute Gasteiger partial charge is 0.341 e. The molecule has 7 heteroatoms. The number of carbonyl (C=O) groups is 4. The molecule has 3 aliphatic heterocycles. The third-order valence-electron chi connectivity index (χ3n) is 6.18. The summed E-state index contributed by atoms with van der Waals surface area (Å²) >= 11 is 0. The molecule has 0 N–H and O–H groups in total. The van der Waals surface area contributed by atoms with Crippen LogP contribution < -0.4 is 0 Å². The Balaban J connectivity index is 1.31. The number of benzene rings is 1. The highest BCUT2D eigenvalue weighted by molar-refractivity contribution is 6.21. The molecule has 2 fully saturated rings. The monoisotopic (exact) mass is 397 g/mol. The van der Waals surface area contributed by atoms with Crippen molar-refractivity contribution in [3.8, 4) is 0 Å². The maximum atomic E-state index is 12.8. The molecule has 154 valence electrons. The lowest BCUT2D eigenvalue weighted by Gasteiger charge is -2.32. The summed E-state index contributed by atoms with van der Waals surface area (Å²) in [7, 11) is 0. The lowest BCUT2D eigenvalue weighted by molar-refractivity contribution is -0.144. The zero-order chi connectivity index (χ0) is 20.4. The fourth-order valence-electron chi connectivity index (χ4n) is 4.62. The molecular weight excluding hydrogens is 370 g/mol. The van der Waals surface area contributed by atoms with E-state index >= 15 is 0 Å². The molecule has 0 spiro atoms. The van der Waals surface area contributed by atoms with Crippen molar-refractivity contribution in [2.45, 2.75) is 51.0 Å². The Morgan fingerprint density at radius 2 is 1.55 bits per heavy atom. The molecule has 1 aromatic carbocycles. The van der Waals surface area contributed by atoms with Gasteiger partial charge in [-0.05, 0) is 50.7 Å². The van der Waals surface area contributed by atoms with E-state index in [9.17, 15) is 19.2 Å². The number of imide groups is 1. The van der Waals surface area contributed by atoms with Gasteiger partial charge < -0.3 is 9.80 Å². The molecular formula is C22H27N3O4. The minimum atomic E-state index is -0.347. The molecule has 0 aromatic heterocycles. The van der Waals surface area contributed by atoms with Gasteiger partial charge in [0.1, 0.15) is 6.04 Å². The SMILES string of the molecule is O=C([C@@H]1CCCN1C(=O)CCCN1C(=O)c2ccccc2C1=O)N1CCCCC1. The lowest BCUT2D eigenvalue weighted by atomic mass is 10.1. The van der Waals surface area contributed by atoms with Crippen LogP contribution in [0.1, 0.15) is 65.7 Å². The van der Waals surface area contributed by atoms with Crippen LogP contribution in [0.2, 0.25) is 0 Å². The van der Waals surface area contributed by atoms with Crippen molar-refractivity contribution in [1.82, 2.24) is 14.7 Å². The van der Waals surface area contributed by atoms with Crippen LogP contribution in [0.25, 0.3) is 0 Å². The van der Waals surface area contributed by atoms with Crippen LogP contribution in [-0.4, -0.2) is 70.5 Å². The summed E-state index contributed by atoms with van der Waals surface area (Å²) < 4.78 is 0. The fourth-order valence-corrected chi connectivity index (χ4v) is 4.62. The van der Waals surface area contributed by atoms with Crippen molar-refractivity contribution >= 4 is 23.6 Å². The molecule has 0 bridgehead atoms. The van der Waals surface area contributed by atoms with Gasteiger partial charge in [0, 0.05) is 32.6 Å². The van der Waals surface area contributed by atoms with Gasteiger partial charge in [0.05, 0.1) is 11.1 Å². The third kappa shape index (κ3) is 3.78. The smallest absolute Gasteiger partial charge is 0.261 e. The van der Waals surface area contributed by atoms with Crippen molar-refractivity contribution in [3.63, 3.8) is 0 Å². The van der Waals surface area contributed by atoms with Gasteiger partial charge in [-0.25, -0.2) is 0 Å². The molecule has 4 rings (SSSR count). The molecule has 2 saturated heterocycles. The predicted molar refractivity (Wildman–Crippen MR) is 106 cm³/mol. The molecule has 3 heterocycles. The standard InChI is InChI=1S/C22H27N3O4/c26-19(24-14-6-10-18(24)22(29)23-12-4-1-5-13-23)11-7-15-25-20(27)16-8-2-3-9-17(16)21(25)28/h2-3,8-9,18H,1,4-7,10-15H2/t18-/m0/s1. The second-order valence-electron chi connectivity index (χ2n) is 8.04. The van der Waals surface area contributed by atoms with Crippen molar-refractivity contribution < 1.29 is 19.2 Å². The zero-order valence-electron chi connectivity index (χ0n) is 16.6. The van der Waals surface area contributed by atoms with Crippen LogP contribution in [0.15, 0.2) is 24.3 Å². The Kier molecular flexibility index (Phi) is 5.65. The van der Waals surface area contributed by atoms with E-state index in [0.29, 0.717) is 24.1 Å². The topological polar surface area (TPSA) is 78.0 Å². The second kappa shape index (κ2) is 8.35. The average Bonchev–Trinajstić information content (AvgIpc) is 3.33. The van der Waals surface area contributed by atoms with E-state index in [1.807, 2.05) is 4.90 Å². The van der Waals surface area contributed by atoms with E-state index in [2.05, 4.69) is 0 Å². The Labute approximate surface area is 170 Å². The van der Waals surface area contributed by atoms with Crippen molar-refractivity contribution in [2.24, 2.45) is 0 Å². The van der Waals surface area contributed by atoms with Crippen molar-refractivity contribution in [3.05, 3.63) is 35.4 Å². The Morgan fingerprint density at radius 1 is 0.897 bits per heavy atom. The average molecular weight is 397 g/mol. The number of carbonyl (C=O) groups excluding carboxylic acids is 4. The molecule has 1 aromatic rings.